The number of amidine groups is 1. The summed E-state index contributed by atoms with van der Waals surface area (Å²) >= 11 is 0. The summed E-state index contributed by atoms with van der Waals surface area (Å²) in [5.74, 6) is 1.06. The summed E-state index contributed by atoms with van der Waals surface area (Å²) in [6, 6.07) is 6.23. The van der Waals surface area contributed by atoms with E-state index in [1.54, 1.807) is 0 Å². The van der Waals surface area contributed by atoms with E-state index in [2.05, 4.69) is 32.1 Å². The first-order valence-corrected chi connectivity index (χ1v) is 7.64. The minimum absolute atomic E-state index is 0.0594. The molecule has 0 radical (unpaired) electrons. The Morgan fingerprint density at radius 3 is 2.67 bits per heavy atom. The minimum Gasteiger partial charge on any atom is -0.387 e. The highest BCUT2D eigenvalue weighted by atomic mass is 16.7. The van der Waals surface area contributed by atoms with Gasteiger partial charge in [-0.25, -0.2) is 0 Å². The normalized spacial score (nSPS) is 21.2. The fourth-order valence-corrected chi connectivity index (χ4v) is 3.05. The molecule has 0 saturated carbocycles. The van der Waals surface area contributed by atoms with Crippen LogP contribution in [0.1, 0.15) is 30.7 Å². The zero-order valence-corrected chi connectivity index (χ0v) is 13.2. The largest absolute Gasteiger partial charge is 0.387 e. The molecule has 1 aromatic heterocycles. The van der Waals surface area contributed by atoms with Crippen molar-refractivity contribution in [3.8, 4) is 0 Å². The smallest absolute Gasteiger partial charge is 0.148 e. The molecule has 21 heavy (non-hydrogen) atoms. The predicted octanol–water partition coefficient (Wildman–Crippen LogP) is 2.02. The van der Waals surface area contributed by atoms with Crippen LogP contribution in [0.4, 0.5) is 0 Å². The first-order valence-electron chi connectivity index (χ1n) is 7.64. The topological polar surface area (TPSA) is 41.0 Å². The number of hydrogen-bond acceptors (Lipinski definition) is 5. The van der Waals surface area contributed by atoms with Gasteiger partial charge in [0.2, 0.25) is 0 Å². The van der Waals surface area contributed by atoms with Crippen molar-refractivity contribution in [2.75, 3.05) is 27.2 Å². The number of pyridine rings is 1. The summed E-state index contributed by atoms with van der Waals surface area (Å²) in [6.45, 7) is 5.07. The van der Waals surface area contributed by atoms with Gasteiger partial charge in [0.15, 0.2) is 0 Å². The monoisotopic (exact) mass is 288 g/mol. The van der Waals surface area contributed by atoms with Crippen LogP contribution in [0.3, 0.4) is 0 Å². The lowest BCUT2D eigenvalue weighted by Gasteiger charge is -2.37. The predicted molar refractivity (Wildman–Crippen MR) is 83.0 cm³/mol. The van der Waals surface area contributed by atoms with Crippen LogP contribution < -0.4 is 0 Å². The Labute approximate surface area is 126 Å². The van der Waals surface area contributed by atoms with E-state index < -0.39 is 0 Å². The summed E-state index contributed by atoms with van der Waals surface area (Å²) in [7, 11) is 4.06. The van der Waals surface area contributed by atoms with Crippen molar-refractivity contribution < 1.29 is 4.84 Å². The Kier molecular flexibility index (Phi) is 3.85. The van der Waals surface area contributed by atoms with Gasteiger partial charge < -0.3 is 9.74 Å². The van der Waals surface area contributed by atoms with Crippen molar-refractivity contribution in [1.82, 2.24) is 14.8 Å². The van der Waals surface area contributed by atoms with Gasteiger partial charge in [-0.15, -0.1) is 0 Å². The van der Waals surface area contributed by atoms with E-state index in [0.717, 1.165) is 56.1 Å². The Balaban J connectivity index is 1.54. The fourth-order valence-electron chi connectivity index (χ4n) is 3.05. The molecule has 0 aliphatic carbocycles. The molecule has 5 heteroatoms. The average Bonchev–Trinajstić information content (AvgIpc) is 2.86. The fraction of sp³-hybridized carbons (Fsp3) is 0.625. The molecule has 114 valence electrons. The van der Waals surface area contributed by atoms with Crippen LogP contribution in [0.2, 0.25) is 0 Å². The van der Waals surface area contributed by atoms with Gasteiger partial charge in [0.05, 0.1) is 12.1 Å². The Morgan fingerprint density at radius 2 is 2.05 bits per heavy atom. The molecule has 0 aromatic carbocycles. The second-order valence-electron chi connectivity index (χ2n) is 6.40. The standard InChI is InChI=1S/C16H24N4O/c1-13-5-4-6-14(17-13)12-20-9-7-16(8-10-20)11-15(18-21-16)19(2)3/h4-6H,7-12H2,1-3H3. The van der Waals surface area contributed by atoms with Gasteiger partial charge >= 0.3 is 0 Å². The number of aromatic nitrogens is 1. The van der Waals surface area contributed by atoms with E-state index in [0.29, 0.717) is 0 Å². The Hall–Kier alpha value is -1.62. The van der Waals surface area contributed by atoms with Gasteiger partial charge in [-0.2, -0.15) is 0 Å². The third-order valence-corrected chi connectivity index (χ3v) is 4.44. The van der Waals surface area contributed by atoms with Gasteiger partial charge in [0.1, 0.15) is 11.4 Å². The van der Waals surface area contributed by atoms with Crippen molar-refractivity contribution in [1.29, 1.82) is 0 Å². The molecule has 1 aromatic rings. The van der Waals surface area contributed by atoms with Gasteiger partial charge in [0, 0.05) is 52.3 Å². The zero-order valence-electron chi connectivity index (χ0n) is 13.2. The molecule has 2 aliphatic heterocycles. The number of rotatable bonds is 2. The van der Waals surface area contributed by atoms with E-state index in [1.807, 2.05) is 27.1 Å². The van der Waals surface area contributed by atoms with Crippen LogP contribution in [0.5, 0.6) is 0 Å². The lowest BCUT2D eigenvalue weighted by molar-refractivity contribution is -0.0628. The molecule has 3 heterocycles. The van der Waals surface area contributed by atoms with Crippen LogP contribution in [-0.4, -0.2) is 53.4 Å². The maximum atomic E-state index is 5.78. The Bertz CT molecular complexity index is 533. The quantitative estimate of drug-likeness (QED) is 0.835. The third kappa shape index (κ3) is 3.18. The lowest BCUT2D eigenvalue weighted by Crippen LogP contribution is -2.44. The number of nitrogens with zero attached hydrogens (tertiary/aromatic N) is 4. The maximum Gasteiger partial charge on any atom is 0.148 e. The Morgan fingerprint density at radius 1 is 1.29 bits per heavy atom. The van der Waals surface area contributed by atoms with Gasteiger partial charge in [-0.3, -0.25) is 9.88 Å². The van der Waals surface area contributed by atoms with Crippen LogP contribution >= 0.6 is 0 Å². The molecular formula is C16H24N4O. The number of aryl methyl sites for hydroxylation is 1. The number of piperidine rings is 1. The van der Waals surface area contributed by atoms with Crippen molar-refractivity contribution in [2.24, 2.45) is 5.16 Å². The van der Waals surface area contributed by atoms with E-state index in [4.69, 9.17) is 4.84 Å². The molecule has 5 nitrogen and oxygen atoms in total. The second-order valence-corrected chi connectivity index (χ2v) is 6.40. The molecule has 0 atom stereocenters. The SMILES string of the molecule is Cc1cccc(CN2CCC3(CC2)CC(N(C)C)=NO3)n1. The molecule has 3 rings (SSSR count). The molecular weight excluding hydrogens is 264 g/mol. The summed E-state index contributed by atoms with van der Waals surface area (Å²) < 4.78 is 0. The molecule has 1 fully saturated rings. The van der Waals surface area contributed by atoms with Crippen molar-refractivity contribution in [3.05, 3.63) is 29.6 Å². The summed E-state index contributed by atoms with van der Waals surface area (Å²) in [4.78, 5) is 14.9. The van der Waals surface area contributed by atoms with E-state index in [-0.39, 0.29) is 5.60 Å². The molecule has 0 bridgehead atoms. The highest BCUT2D eigenvalue weighted by Crippen LogP contribution is 2.35. The van der Waals surface area contributed by atoms with E-state index in [9.17, 15) is 0 Å². The second kappa shape index (κ2) is 5.64. The zero-order chi connectivity index (χ0) is 14.9. The van der Waals surface area contributed by atoms with Crippen LogP contribution in [0.15, 0.2) is 23.4 Å². The maximum absolute atomic E-state index is 5.78. The molecule has 1 saturated heterocycles. The average molecular weight is 288 g/mol. The van der Waals surface area contributed by atoms with Crippen molar-refractivity contribution >= 4 is 5.84 Å². The van der Waals surface area contributed by atoms with Crippen LogP contribution in [0.25, 0.3) is 0 Å². The van der Waals surface area contributed by atoms with Gasteiger partial charge in [-0.1, -0.05) is 11.2 Å². The van der Waals surface area contributed by atoms with E-state index in [1.165, 1.54) is 0 Å². The molecule has 2 aliphatic rings. The van der Waals surface area contributed by atoms with Crippen LogP contribution in [-0.2, 0) is 11.4 Å². The van der Waals surface area contributed by atoms with Crippen molar-refractivity contribution in [2.45, 2.75) is 38.3 Å². The van der Waals surface area contributed by atoms with Gasteiger partial charge in [-0.05, 0) is 19.1 Å². The van der Waals surface area contributed by atoms with E-state index >= 15 is 0 Å². The van der Waals surface area contributed by atoms with Crippen molar-refractivity contribution in [3.63, 3.8) is 0 Å². The molecule has 0 N–H and O–H groups in total. The molecule has 0 amide bonds. The van der Waals surface area contributed by atoms with Gasteiger partial charge in [0.25, 0.3) is 0 Å². The number of likely N-dealkylation sites (tertiary alicyclic amines) is 1. The molecule has 1 spiro atoms. The molecule has 0 unspecified atom stereocenters. The number of oxime groups is 1. The minimum atomic E-state index is -0.0594. The summed E-state index contributed by atoms with van der Waals surface area (Å²) in [5.41, 5.74) is 2.18. The summed E-state index contributed by atoms with van der Waals surface area (Å²) in [6.07, 6.45) is 3.02. The highest BCUT2D eigenvalue weighted by molar-refractivity contribution is 5.83. The first kappa shape index (κ1) is 14.3. The highest BCUT2D eigenvalue weighted by Gasteiger charge is 2.42. The number of hydrogen-bond donors (Lipinski definition) is 0. The first-order chi connectivity index (χ1) is 10.1. The lowest BCUT2D eigenvalue weighted by atomic mass is 9.88. The summed E-state index contributed by atoms with van der Waals surface area (Å²) in [5, 5.41) is 4.24. The van der Waals surface area contributed by atoms with Crippen LogP contribution in [0, 0.1) is 6.92 Å². The third-order valence-electron chi connectivity index (χ3n) is 4.44.